The van der Waals surface area contributed by atoms with E-state index in [0.717, 1.165) is 44.6 Å². The molecule has 1 aliphatic heterocycles. The average molecular weight is 232 g/mol. The monoisotopic (exact) mass is 232 g/mol. The highest BCUT2D eigenvalue weighted by Gasteiger charge is 2.30. The maximum Gasteiger partial charge on any atom is 0.0593 e. The van der Waals surface area contributed by atoms with Gasteiger partial charge in [0.25, 0.3) is 0 Å². The fourth-order valence-electron chi connectivity index (χ4n) is 2.13. The van der Waals surface area contributed by atoms with Crippen LogP contribution in [-0.2, 0) is 4.74 Å². The molecular formula is C11H24N2OS. The van der Waals surface area contributed by atoms with Crippen molar-refractivity contribution in [3.05, 3.63) is 0 Å². The van der Waals surface area contributed by atoms with Gasteiger partial charge >= 0.3 is 0 Å². The van der Waals surface area contributed by atoms with Crippen molar-refractivity contribution in [2.75, 3.05) is 45.6 Å². The first kappa shape index (κ1) is 13.3. The van der Waals surface area contributed by atoms with Crippen molar-refractivity contribution in [3.8, 4) is 0 Å². The number of likely N-dealkylation sites (N-methyl/N-ethyl adjacent to an activating group) is 1. The molecule has 0 spiro atoms. The molecule has 1 aliphatic rings. The second-order valence-electron chi connectivity index (χ2n) is 3.83. The van der Waals surface area contributed by atoms with E-state index in [1.165, 1.54) is 0 Å². The van der Waals surface area contributed by atoms with Gasteiger partial charge in [-0.05, 0) is 19.7 Å². The van der Waals surface area contributed by atoms with Crippen LogP contribution in [0.3, 0.4) is 0 Å². The molecule has 1 saturated heterocycles. The zero-order valence-corrected chi connectivity index (χ0v) is 11.0. The second-order valence-corrected chi connectivity index (χ2v) is 4.90. The Hall–Kier alpha value is 0.230. The minimum absolute atomic E-state index is 0.686. The molecule has 3 nitrogen and oxygen atoms in total. The molecule has 0 aliphatic carbocycles. The van der Waals surface area contributed by atoms with E-state index in [4.69, 9.17) is 4.74 Å². The summed E-state index contributed by atoms with van der Waals surface area (Å²) < 4.78 is 5.43. The van der Waals surface area contributed by atoms with Crippen LogP contribution in [0.4, 0.5) is 0 Å². The van der Waals surface area contributed by atoms with E-state index >= 15 is 0 Å². The van der Waals surface area contributed by atoms with Crippen LogP contribution < -0.4 is 5.32 Å². The summed E-state index contributed by atoms with van der Waals surface area (Å²) in [6, 6.07) is 0.686. The Balaban J connectivity index is 2.35. The summed E-state index contributed by atoms with van der Waals surface area (Å²) in [7, 11) is 0. The van der Waals surface area contributed by atoms with Crippen molar-refractivity contribution < 1.29 is 4.74 Å². The third kappa shape index (κ3) is 3.94. The molecule has 0 radical (unpaired) electrons. The van der Waals surface area contributed by atoms with Crippen LogP contribution in [0, 0.1) is 0 Å². The molecule has 1 fully saturated rings. The van der Waals surface area contributed by atoms with Crippen LogP contribution >= 0.6 is 11.8 Å². The van der Waals surface area contributed by atoms with Gasteiger partial charge in [-0.15, -0.1) is 0 Å². The largest absolute Gasteiger partial charge is 0.380 e. The Bertz CT molecular complexity index is 169. The predicted molar refractivity (Wildman–Crippen MR) is 67.7 cm³/mol. The topological polar surface area (TPSA) is 24.5 Å². The first-order chi connectivity index (χ1) is 7.33. The lowest BCUT2D eigenvalue weighted by atomic mass is 10.2. The number of hydrogen-bond acceptors (Lipinski definition) is 4. The molecule has 0 aromatic heterocycles. The van der Waals surface area contributed by atoms with E-state index in [1.807, 2.05) is 11.8 Å². The van der Waals surface area contributed by atoms with Crippen molar-refractivity contribution in [2.24, 2.45) is 0 Å². The molecule has 2 unspecified atom stereocenters. The normalized spacial score (nSPS) is 26.4. The summed E-state index contributed by atoms with van der Waals surface area (Å²) >= 11 is 1.98. The van der Waals surface area contributed by atoms with Crippen LogP contribution in [0.2, 0.25) is 0 Å². The Morgan fingerprint density at radius 2 is 2.20 bits per heavy atom. The summed E-state index contributed by atoms with van der Waals surface area (Å²) in [5.74, 6) is 0. The van der Waals surface area contributed by atoms with Gasteiger partial charge in [-0.25, -0.2) is 0 Å². The van der Waals surface area contributed by atoms with Crippen LogP contribution in [0.25, 0.3) is 0 Å². The van der Waals surface area contributed by atoms with Crippen molar-refractivity contribution in [1.29, 1.82) is 0 Å². The molecule has 90 valence electrons. The van der Waals surface area contributed by atoms with Gasteiger partial charge < -0.3 is 10.1 Å². The zero-order chi connectivity index (χ0) is 11.1. The lowest BCUT2D eigenvalue weighted by molar-refractivity contribution is 0.101. The molecule has 1 heterocycles. The molecule has 1 N–H and O–H groups in total. The standard InChI is InChI=1S/C11H24N2OS/c1-4-13(6-7-14-5-2)10-8-12-9-11(10)15-3/h10-12H,4-9H2,1-3H3. The molecule has 4 heteroatoms. The maximum atomic E-state index is 5.43. The molecule has 0 saturated carbocycles. The molecule has 0 aromatic rings. The Labute approximate surface area is 97.9 Å². The molecule has 0 bridgehead atoms. The highest BCUT2D eigenvalue weighted by atomic mass is 32.2. The van der Waals surface area contributed by atoms with Gasteiger partial charge in [-0.3, -0.25) is 4.90 Å². The molecule has 1 rings (SSSR count). The lowest BCUT2D eigenvalue weighted by Crippen LogP contribution is -2.43. The number of ether oxygens (including phenoxy) is 1. The van der Waals surface area contributed by atoms with Gasteiger partial charge in [-0.1, -0.05) is 6.92 Å². The Morgan fingerprint density at radius 1 is 1.40 bits per heavy atom. The molecule has 0 aromatic carbocycles. The van der Waals surface area contributed by atoms with Gasteiger partial charge in [-0.2, -0.15) is 11.8 Å². The van der Waals surface area contributed by atoms with Crippen LogP contribution in [0.1, 0.15) is 13.8 Å². The summed E-state index contributed by atoms with van der Waals surface area (Å²) in [4.78, 5) is 2.54. The molecule has 15 heavy (non-hydrogen) atoms. The number of hydrogen-bond donors (Lipinski definition) is 1. The van der Waals surface area contributed by atoms with Gasteiger partial charge in [0.2, 0.25) is 0 Å². The third-order valence-corrected chi connectivity index (χ3v) is 4.12. The number of thioether (sulfide) groups is 1. The first-order valence-electron chi connectivity index (χ1n) is 5.88. The number of nitrogens with zero attached hydrogens (tertiary/aromatic N) is 1. The molecular weight excluding hydrogens is 208 g/mol. The summed E-state index contributed by atoms with van der Waals surface area (Å²) in [5.41, 5.74) is 0. The molecule has 0 amide bonds. The highest BCUT2D eigenvalue weighted by molar-refractivity contribution is 7.99. The lowest BCUT2D eigenvalue weighted by Gasteiger charge is -2.30. The highest BCUT2D eigenvalue weighted by Crippen LogP contribution is 2.19. The Kier molecular flexibility index (Phi) is 6.64. The van der Waals surface area contributed by atoms with Crippen molar-refractivity contribution >= 4 is 11.8 Å². The predicted octanol–water partition coefficient (Wildman–Crippen LogP) is 1.05. The van der Waals surface area contributed by atoms with E-state index in [2.05, 4.69) is 30.3 Å². The third-order valence-electron chi connectivity index (χ3n) is 3.03. The fourth-order valence-corrected chi connectivity index (χ4v) is 3.00. The second kappa shape index (κ2) is 7.49. The number of nitrogens with one attached hydrogen (secondary N) is 1. The Morgan fingerprint density at radius 3 is 2.80 bits per heavy atom. The quantitative estimate of drug-likeness (QED) is 0.663. The average Bonchev–Trinajstić information content (AvgIpc) is 2.72. The maximum absolute atomic E-state index is 5.43. The zero-order valence-electron chi connectivity index (χ0n) is 10.2. The van der Waals surface area contributed by atoms with Gasteiger partial charge in [0.1, 0.15) is 0 Å². The van der Waals surface area contributed by atoms with Crippen molar-refractivity contribution in [1.82, 2.24) is 10.2 Å². The minimum atomic E-state index is 0.686. The van der Waals surface area contributed by atoms with Crippen molar-refractivity contribution in [2.45, 2.75) is 25.1 Å². The van der Waals surface area contributed by atoms with Crippen molar-refractivity contribution in [3.63, 3.8) is 0 Å². The van der Waals surface area contributed by atoms with Gasteiger partial charge in [0, 0.05) is 37.5 Å². The minimum Gasteiger partial charge on any atom is -0.380 e. The first-order valence-corrected chi connectivity index (χ1v) is 7.17. The van der Waals surface area contributed by atoms with Crippen LogP contribution in [-0.4, -0.2) is 61.8 Å². The van der Waals surface area contributed by atoms with Crippen LogP contribution in [0.15, 0.2) is 0 Å². The fraction of sp³-hybridized carbons (Fsp3) is 1.00. The summed E-state index contributed by atoms with van der Waals surface area (Å²) in [6.07, 6.45) is 2.21. The van der Waals surface area contributed by atoms with E-state index in [1.54, 1.807) is 0 Å². The van der Waals surface area contributed by atoms with E-state index in [9.17, 15) is 0 Å². The van der Waals surface area contributed by atoms with E-state index in [-0.39, 0.29) is 0 Å². The molecule has 2 atom stereocenters. The SMILES string of the molecule is CCOCCN(CC)C1CNCC1SC. The smallest absolute Gasteiger partial charge is 0.0593 e. The van der Waals surface area contributed by atoms with E-state index in [0.29, 0.717) is 6.04 Å². The van der Waals surface area contributed by atoms with Crippen LogP contribution in [0.5, 0.6) is 0 Å². The number of rotatable bonds is 7. The summed E-state index contributed by atoms with van der Waals surface area (Å²) in [6.45, 7) is 10.4. The van der Waals surface area contributed by atoms with E-state index < -0.39 is 0 Å². The van der Waals surface area contributed by atoms with Gasteiger partial charge in [0.05, 0.1) is 6.61 Å². The summed E-state index contributed by atoms with van der Waals surface area (Å²) in [5, 5.41) is 4.22. The van der Waals surface area contributed by atoms with Gasteiger partial charge in [0.15, 0.2) is 0 Å².